The minimum atomic E-state index is 0. The van der Waals surface area contributed by atoms with E-state index >= 15 is 0 Å². The van der Waals surface area contributed by atoms with Crippen LogP contribution < -0.4 is 0 Å². The molecule has 107 valence electrons. The lowest BCUT2D eigenvalue weighted by atomic mass is 9.83. The van der Waals surface area contributed by atoms with Crippen LogP contribution in [0.5, 0.6) is 0 Å². The van der Waals surface area contributed by atoms with Gasteiger partial charge in [-0.05, 0) is 37.5 Å². The zero-order valence-electron chi connectivity index (χ0n) is 11.6. The van der Waals surface area contributed by atoms with Crippen molar-refractivity contribution >= 4 is 8.41 Å². The summed E-state index contributed by atoms with van der Waals surface area (Å²) in [6.07, 6.45) is 5.97. The predicted octanol–water partition coefficient (Wildman–Crippen LogP) is 1.24. The molecule has 0 bridgehead atoms. The van der Waals surface area contributed by atoms with Gasteiger partial charge < -0.3 is 18.9 Å². The Morgan fingerprint density at radius 2 is 1.05 bits per heavy atom. The maximum Gasteiger partial charge on any atom is 0.104 e. The molecule has 1 aliphatic carbocycles. The van der Waals surface area contributed by atoms with Crippen molar-refractivity contribution in [3.05, 3.63) is 0 Å². The van der Waals surface area contributed by atoms with Gasteiger partial charge in [0.05, 0.1) is 26.4 Å². The van der Waals surface area contributed by atoms with Crippen molar-refractivity contribution in [1.29, 1.82) is 0 Å². The van der Waals surface area contributed by atoms with Crippen LogP contribution in [0.2, 0.25) is 0 Å². The van der Waals surface area contributed by atoms with Crippen LogP contribution in [0, 0.1) is 11.8 Å². The molecule has 0 amide bonds. The fourth-order valence-corrected chi connectivity index (χ4v) is 2.63. The summed E-state index contributed by atoms with van der Waals surface area (Å²) >= 11 is 0. The first-order valence-electron chi connectivity index (χ1n) is 7.29. The van der Waals surface area contributed by atoms with Gasteiger partial charge in [-0.25, -0.2) is 0 Å². The Kier molecular flexibility index (Phi) is 6.14. The Morgan fingerprint density at radius 3 is 1.37 bits per heavy atom. The minimum absolute atomic E-state index is 0. The molecule has 2 atom stereocenters. The largest absolute Gasteiger partial charge is 0.378 e. The molecule has 4 nitrogen and oxygen atoms in total. The van der Waals surface area contributed by atoms with Gasteiger partial charge in [0.2, 0.25) is 0 Å². The highest BCUT2D eigenvalue weighted by Gasteiger charge is 2.26. The summed E-state index contributed by atoms with van der Waals surface area (Å²) in [5, 5.41) is 0. The van der Waals surface area contributed by atoms with Crippen LogP contribution in [-0.4, -0.2) is 60.3 Å². The number of epoxide rings is 2. The monoisotopic (exact) mass is 267 g/mol. The van der Waals surface area contributed by atoms with E-state index in [1.165, 1.54) is 25.7 Å². The lowest BCUT2D eigenvalue weighted by Gasteiger charge is -2.28. The summed E-state index contributed by atoms with van der Waals surface area (Å²) in [6.45, 7) is 5.23. The van der Waals surface area contributed by atoms with Crippen molar-refractivity contribution in [2.24, 2.45) is 11.8 Å². The molecule has 0 aromatic heterocycles. The molecule has 2 heterocycles. The summed E-state index contributed by atoms with van der Waals surface area (Å²) in [4.78, 5) is 0. The Hall–Kier alpha value is -0.0951. The standard InChI is InChI=1S/C14H24O4.B/c1-2-12(6-16-8-14-10-18-14)4-3-11(1)5-15-7-13-9-17-13;/h11-14H,1-10H2;. The molecule has 0 spiro atoms. The van der Waals surface area contributed by atoms with Crippen LogP contribution in [0.15, 0.2) is 0 Å². The molecule has 0 N–H and O–H groups in total. The second-order valence-electron chi connectivity index (χ2n) is 5.87. The molecule has 0 aromatic rings. The smallest absolute Gasteiger partial charge is 0.104 e. The number of hydrogen-bond donors (Lipinski definition) is 0. The third-order valence-electron chi connectivity index (χ3n) is 4.09. The first kappa shape index (κ1) is 15.3. The molecule has 2 unspecified atom stereocenters. The van der Waals surface area contributed by atoms with Gasteiger partial charge in [0.15, 0.2) is 0 Å². The van der Waals surface area contributed by atoms with Crippen LogP contribution in [0.4, 0.5) is 0 Å². The topological polar surface area (TPSA) is 43.5 Å². The van der Waals surface area contributed by atoms with Gasteiger partial charge in [-0.1, -0.05) is 0 Å². The minimum Gasteiger partial charge on any atom is -0.378 e. The van der Waals surface area contributed by atoms with Crippen LogP contribution in [0.25, 0.3) is 0 Å². The molecular weight excluding hydrogens is 243 g/mol. The molecule has 3 rings (SSSR count). The van der Waals surface area contributed by atoms with E-state index in [0.29, 0.717) is 12.2 Å². The van der Waals surface area contributed by atoms with Crippen molar-refractivity contribution in [2.75, 3.05) is 39.6 Å². The van der Waals surface area contributed by atoms with E-state index in [1.807, 2.05) is 0 Å². The first-order chi connectivity index (χ1) is 8.90. The highest BCUT2D eigenvalue weighted by molar-refractivity contribution is 5.75. The molecule has 0 aromatic carbocycles. The van der Waals surface area contributed by atoms with E-state index in [2.05, 4.69) is 0 Å². The van der Waals surface area contributed by atoms with E-state index in [-0.39, 0.29) is 8.41 Å². The summed E-state index contributed by atoms with van der Waals surface area (Å²) in [5.41, 5.74) is 0. The third kappa shape index (κ3) is 5.82. The predicted molar refractivity (Wildman–Crippen MR) is 72.3 cm³/mol. The number of rotatable bonds is 8. The van der Waals surface area contributed by atoms with E-state index in [4.69, 9.17) is 18.9 Å². The van der Waals surface area contributed by atoms with Crippen LogP contribution in [0.3, 0.4) is 0 Å². The maximum atomic E-state index is 5.68. The van der Waals surface area contributed by atoms with E-state index < -0.39 is 0 Å². The highest BCUT2D eigenvalue weighted by Crippen LogP contribution is 2.29. The Labute approximate surface area is 117 Å². The van der Waals surface area contributed by atoms with Gasteiger partial charge in [-0.15, -0.1) is 0 Å². The van der Waals surface area contributed by atoms with Gasteiger partial charge in [-0.2, -0.15) is 0 Å². The molecule has 3 fully saturated rings. The van der Waals surface area contributed by atoms with Crippen molar-refractivity contribution in [1.82, 2.24) is 0 Å². The second kappa shape index (κ2) is 7.62. The van der Waals surface area contributed by atoms with Crippen LogP contribution in [-0.2, 0) is 18.9 Å². The van der Waals surface area contributed by atoms with Crippen molar-refractivity contribution in [2.45, 2.75) is 37.9 Å². The SMILES string of the molecule is C1CC(COCC2CO2)CCC1COCC1CO1.[B]. The maximum absolute atomic E-state index is 5.68. The quantitative estimate of drug-likeness (QED) is 0.490. The lowest BCUT2D eigenvalue weighted by molar-refractivity contribution is 0.0415. The average molecular weight is 267 g/mol. The molecule has 2 aliphatic heterocycles. The summed E-state index contributed by atoms with van der Waals surface area (Å²) < 4.78 is 21.6. The van der Waals surface area contributed by atoms with Crippen LogP contribution in [0.1, 0.15) is 25.7 Å². The summed E-state index contributed by atoms with van der Waals surface area (Å²) in [7, 11) is 0. The van der Waals surface area contributed by atoms with Crippen molar-refractivity contribution < 1.29 is 18.9 Å². The third-order valence-corrected chi connectivity index (χ3v) is 4.09. The molecule has 1 saturated carbocycles. The van der Waals surface area contributed by atoms with E-state index in [9.17, 15) is 0 Å². The van der Waals surface area contributed by atoms with Gasteiger partial charge in [-0.3, -0.25) is 0 Å². The molecule has 19 heavy (non-hydrogen) atoms. The van der Waals surface area contributed by atoms with Gasteiger partial charge in [0.25, 0.3) is 0 Å². The Balaban J connectivity index is 0.00000133. The fraction of sp³-hybridized carbons (Fsp3) is 1.00. The number of hydrogen-bond acceptors (Lipinski definition) is 4. The lowest BCUT2D eigenvalue weighted by Crippen LogP contribution is -2.23. The van der Waals surface area contributed by atoms with E-state index in [0.717, 1.165) is 51.5 Å². The Morgan fingerprint density at radius 1 is 0.684 bits per heavy atom. The Bertz CT molecular complexity index is 222. The van der Waals surface area contributed by atoms with Crippen molar-refractivity contribution in [3.8, 4) is 0 Å². The highest BCUT2D eigenvalue weighted by atomic mass is 16.6. The van der Waals surface area contributed by atoms with Gasteiger partial charge in [0, 0.05) is 21.6 Å². The molecule has 3 aliphatic rings. The van der Waals surface area contributed by atoms with Crippen molar-refractivity contribution in [3.63, 3.8) is 0 Å². The zero-order valence-corrected chi connectivity index (χ0v) is 11.6. The van der Waals surface area contributed by atoms with Crippen LogP contribution >= 0.6 is 0 Å². The zero-order chi connectivity index (χ0) is 12.2. The second-order valence-corrected chi connectivity index (χ2v) is 5.87. The van der Waals surface area contributed by atoms with Gasteiger partial charge >= 0.3 is 0 Å². The molecule has 3 radical (unpaired) electrons. The fourth-order valence-electron chi connectivity index (χ4n) is 2.63. The number of ether oxygens (including phenoxy) is 4. The average Bonchev–Trinajstić information content (AvgIpc) is 3.25. The van der Waals surface area contributed by atoms with E-state index in [1.54, 1.807) is 0 Å². The summed E-state index contributed by atoms with van der Waals surface area (Å²) in [5.74, 6) is 1.51. The molecular formula is C14H24BO4. The van der Waals surface area contributed by atoms with Gasteiger partial charge in [0.1, 0.15) is 12.2 Å². The summed E-state index contributed by atoms with van der Waals surface area (Å²) in [6, 6.07) is 0. The first-order valence-corrected chi connectivity index (χ1v) is 7.29. The molecule has 5 heteroatoms. The molecule has 2 saturated heterocycles. The normalized spacial score (nSPS) is 36.6.